The molecule has 1 fully saturated rings. The summed E-state index contributed by atoms with van der Waals surface area (Å²) in [5.74, 6) is -0.333. The van der Waals surface area contributed by atoms with Crippen LogP contribution in [0.2, 0.25) is 0 Å². The third-order valence-corrected chi connectivity index (χ3v) is 6.25. The topological polar surface area (TPSA) is 127 Å². The van der Waals surface area contributed by atoms with E-state index in [1.807, 2.05) is 0 Å². The molecule has 13 heteroatoms. The van der Waals surface area contributed by atoms with Crippen LogP contribution >= 0.6 is 0 Å². The van der Waals surface area contributed by atoms with Crippen molar-refractivity contribution in [1.82, 2.24) is 30.0 Å². The van der Waals surface area contributed by atoms with Crippen LogP contribution in [0.1, 0.15) is 38.2 Å². The second-order valence-electron chi connectivity index (χ2n) is 8.86. The molecule has 0 spiro atoms. The van der Waals surface area contributed by atoms with Gasteiger partial charge in [0.25, 0.3) is 0 Å². The molecule has 35 heavy (non-hydrogen) atoms. The first-order valence-electron chi connectivity index (χ1n) is 11.2. The van der Waals surface area contributed by atoms with Crippen molar-refractivity contribution in [1.29, 1.82) is 0 Å². The number of hydrogen-bond acceptors (Lipinski definition) is 7. The minimum atomic E-state index is -4.26. The van der Waals surface area contributed by atoms with Crippen LogP contribution in [-0.2, 0) is 21.5 Å². The van der Waals surface area contributed by atoms with Gasteiger partial charge in [0.05, 0.1) is 10.9 Å². The molecular formula is C22H23F3N8O2. The summed E-state index contributed by atoms with van der Waals surface area (Å²) in [5, 5.41) is 13.5. The summed E-state index contributed by atoms with van der Waals surface area (Å²) in [6.07, 6.45) is -2.09. The first-order chi connectivity index (χ1) is 16.6. The summed E-state index contributed by atoms with van der Waals surface area (Å²) in [6, 6.07) is 3.47. The summed E-state index contributed by atoms with van der Waals surface area (Å²) in [4.78, 5) is 39.3. The number of nitrogens with zero attached hydrogens (tertiary/aromatic N) is 5. The minimum absolute atomic E-state index is 0.00694. The largest absolute Gasteiger partial charge is 0.389 e. The second-order valence-corrected chi connectivity index (χ2v) is 8.86. The summed E-state index contributed by atoms with van der Waals surface area (Å²) >= 11 is 0. The number of hydrogen-bond donors (Lipinski definition) is 3. The highest BCUT2D eigenvalue weighted by atomic mass is 19.4. The van der Waals surface area contributed by atoms with Gasteiger partial charge in [-0.15, -0.1) is 0 Å². The molecule has 2 aliphatic rings. The van der Waals surface area contributed by atoms with Crippen molar-refractivity contribution in [3.05, 3.63) is 23.9 Å². The number of anilines is 2. The molecule has 1 atom stereocenters. The number of fused-ring (bicyclic) bond motifs is 2. The molecule has 5 rings (SSSR count). The number of aromatic nitrogens is 5. The molecule has 2 amide bonds. The van der Waals surface area contributed by atoms with Gasteiger partial charge in [0.15, 0.2) is 16.9 Å². The molecule has 3 aromatic rings. The number of alkyl halides is 3. The van der Waals surface area contributed by atoms with E-state index in [-0.39, 0.29) is 36.5 Å². The molecule has 4 heterocycles. The summed E-state index contributed by atoms with van der Waals surface area (Å²) in [7, 11) is 1.61. The highest BCUT2D eigenvalue weighted by Crippen LogP contribution is 2.42. The van der Waals surface area contributed by atoms with Crippen LogP contribution in [0.15, 0.2) is 18.3 Å². The van der Waals surface area contributed by atoms with Crippen molar-refractivity contribution in [2.45, 2.75) is 56.8 Å². The molecule has 1 aliphatic heterocycles. The Morgan fingerprint density at radius 2 is 2.09 bits per heavy atom. The lowest BCUT2D eigenvalue weighted by Gasteiger charge is -2.22. The number of aryl methyl sites for hydroxylation is 1. The third kappa shape index (κ3) is 4.04. The highest BCUT2D eigenvalue weighted by Gasteiger charge is 2.53. The number of nitrogens with one attached hydrogen (secondary N) is 3. The molecule has 1 aliphatic carbocycles. The Balaban J connectivity index is 1.56. The van der Waals surface area contributed by atoms with Crippen LogP contribution in [0.5, 0.6) is 0 Å². The van der Waals surface area contributed by atoms with Gasteiger partial charge in [-0.05, 0) is 38.3 Å². The summed E-state index contributed by atoms with van der Waals surface area (Å²) in [5.41, 5.74) is -0.476. The van der Waals surface area contributed by atoms with Gasteiger partial charge in [-0.3, -0.25) is 9.59 Å². The van der Waals surface area contributed by atoms with Crippen molar-refractivity contribution in [2.75, 3.05) is 17.7 Å². The van der Waals surface area contributed by atoms with Gasteiger partial charge < -0.3 is 16.0 Å². The van der Waals surface area contributed by atoms with Gasteiger partial charge >= 0.3 is 6.18 Å². The third-order valence-electron chi connectivity index (χ3n) is 6.25. The van der Waals surface area contributed by atoms with E-state index >= 15 is 0 Å². The van der Waals surface area contributed by atoms with Gasteiger partial charge in [-0.1, -0.05) is 0 Å². The van der Waals surface area contributed by atoms with E-state index in [0.29, 0.717) is 22.3 Å². The van der Waals surface area contributed by atoms with Crippen molar-refractivity contribution in [2.24, 2.45) is 0 Å². The molecule has 0 radical (unpaired) electrons. The van der Waals surface area contributed by atoms with E-state index in [1.165, 1.54) is 17.8 Å². The number of carbonyl (C=O) groups is 2. The SMILES string of the molecule is CNc1nc(-c2nn(CCCC(F)(F)F)c3ncccc23)nc2c1C(C)(C(=O)NC1CC1)C(=O)N2. The lowest BCUT2D eigenvalue weighted by molar-refractivity contribution is -0.136. The van der Waals surface area contributed by atoms with Gasteiger partial charge in [0, 0.05) is 32.3 Å². The molecule has 3 N–H and O–H groups in total. The smallest absolute Gasteiger partial charge is 0.373 e. The van der Waals surface area contributed by atoms with Crippen LogP contribution in [0.25, 0.3) is 22.6 Å². The number of rotatable bonds is 7. The van der Waals surface area contributed by atoms with Gasteiger partial charge in [0.1, 0.15) is 17.3 Å². The first-order valence-corrected chi connectivity index (χ1v) is 11.2. The predicted octanol–water partition coefficient (Wildman–Crippen LogP) is 2.76. The Morgan fingerprint density at radius 3 is 2.77 bits per heavy atom. The molecular weight excluding hydrogens is 465 g/mol. The molecule has 0 saturated heterocycles. The van der Waals surface area contributed by atoms with E-state index in [2.05, 4.69) is 36.0 Å². The zero-order valence-electron chi connectivity index (χ0n) is 19.0. The Labute approximate surface area is 197 Å². The fourth-order valence-corrected chi connectivity index (χ4v) is 4.19. The zero-order valence-corrected chi connectivity index (χ0v) is 19.0. The van der Waals surface area contributed by atoms with Crippen LogP contribution < -0.4 is 16.0 Å². The van der Waals surface area contributed by atoms with E-state index in [4.69, 9.17) is 0 Å². The molecule has 184 valence electrons. The maximum absolute atomic E-state index is 13.0. The van der Waals surface area contributed by atoms with Crippen LogP contribution in [0, 0.1) is 0 Å². The minimum Gasteiger partial charge on any atom is -0.373 e. The number of carbonyl (C=O) groups excluding carboxylic acids is 2. The monoisotopic (exact) mass is 488 g/mol. The maximum Gasteiger partial charge on any atom is 0.389 e. The molecule has 1 unspecified atom stereocenters. The molecule has 10 nitrogen and oxygen atoms in total. The Bertz CT molecular complexity index is 1330. The van der Waals surface area contributed by atoms with Crippen molar-refractivity contribution >= 4 is 34.5 Å². The average molecular weight is 488 g/mol. The predicted molar refractivity (Wildman–Crippen MR) is 121 cm³/mol. The Morgan fingerprint density at radius 1 is 1.31 bits per heavy atom. The van der Waals surface area contributed by atoms with E-state index in [1.54, 1.807) is 19.2 Å². The van der Waals surface area contributed by atoms with Gasteiger partial charge in [0.2, 0.25) is 11.8 Å². The fourth-order valence-electron chi connectivity index (χ4n) is 4.19. The van der Waals surface area contributed by atoms with Crippen LogP contribution in [-0.4, -0.2) is 55.8 Å². The quantitative estimate of drug-likeness (QED) is 0.437. The lowest BCUT2D eigenvalue weighted by Crippen LogP contribution is -2.48. The van der Waals surface area contributed by atoms with Crippen LogP contribution in [0.4, 0.5) is 24.8 Å². The maximum atomic E-state index is 13.0. The zero-order chi connectivity index (χ0) is 25.0. The number of amides is 2. The van der Waals surface area contributed by atoms with Crippen molar-refractivity contribution in [3.63, 3.8) is 0 Å². The number of pyridine rings is 1. The Kier molecular flexibility index (Phi) is 5.37. The van der Waals surface area contributed by atoms with Gasteiger partial charge in [-0.2, -0.15) is 18.3 Å². The second kappa shape index (κ2) is 8.17. The van der Waals surface area contributed by atoms with E-state index in [9.17, 15) is 22.8 Å². The highest BCUT2D eigenvalue weighted by molar-refractivity contribution is 6.21. The molecule has 0 bridgehead atoms. The molecule has 3 aromatic heterocycles. The fraction of sp³-hybridized carbons (Fsp3) is 0.455. The van der Waals surface area contributed by atoms with E-state index < -0.39 is 29.8 Å². The van der Waals surface area contributed by atoms with E-state index in [0.717, 1.165) is 12.8 Å². The molecule has 1 saturated carbocycles. The van der Waals surface area contributed by atoms with Crippen molar-refractivity contribution < 1.29 is 22.8 Å². The number of halogens is 3. The van der Waals surface area contributed by atoms with Crippen molar-refractivity contribution in [3.8, 4) is 11.5 Å². The van der Waals surface area contributed by atoms with Gasteiger partial charge in [-0.25, -0.2) is 19.6 Å². The summed E-state index contributed by atoms with van der Waals surface area (Å²) < 4.78 is 39.3. The van der Waals surface area contributed by atoms with Crippen LogP contribution in [0.3, 0.4) is 0 Å². The summed E-state index contributed by atoms with van der Waals surface area (Å²) in [6.45, 7) is 1.54. The average Bonchev–Trinajstić information content (AvgIpc) is 3.49. The normalized spacial score (nSPS) is 19.5. The molecule has 0 aromatic carbocycles. The first kappa shape index (κ1) is 23.0. The Hall–Kier alpha value is -3.77. The lowest BCUT2D eigenvalue weighted by atomic mass is 9.83. The standard InChI is InChI=1S/C22H23F3N8O2/c1-21(19(34)28-11-6-7-11)13-15(26-2)29-17(30-16(13)31-20(21)35)14-12-5-3-9-27-18(12)33(32-14)10-4-8-22(23,24)25/h3,5,9,11H,4,6-8,10H2,1-2H3,(H,28,34)(H2,26,29,30,31,35).